The Labute approximate surface area is 133 Å². The number of carbonyl (C=O) groups is 1. The first kappa shape index (κ1) is 15.7. The van der Waals surface area contributed by atoms with Gasteiger partial charge in [0.1, 0.15) is 12.0 Å². The van der Waals surface area contributed by atoms with Crippen molar-refractivity contribution in [2.75, 3.05) is 13.1 Å². The number of carboxylic acids is 1. The molecule has 1 N–H and O–H groups in total. The molecule has 0 bridgehead atoms. The zero-order valence-electron chi connectivity index (χ0n) is 12.5. The maximum absolute atomic E-state index is 12.6. The minimum atomic E-state index is -3.67. The molecule has 1 fully saturated rings. The van der Waals surface area contributed by atoms with E-state index in [1.165, 1.54) is 22.7 Å². The maximum atomic E-state index is 12.6. The highest BCUT2D eigenvalue weighted by Gasteiger charge is 2.35. The summed E-state index contributed by atoms with van der Waals surface area (Å²) in [7, 11) is -3.67. The number of aromatic nitrogens is 1. The summed E-state index contributed by atoms with van der Waals surface area (Å²) in [6.45, 7) is 1.97. The molecule has 1 unspecified atom stereocenters. The number of sulfonamides is 1. The Balaban J connectivity index is 1.82. The van der Waals surface area contributed by atoms with Gasteiger partial charge in [0, 0.05) is 25.6 Å². The Morgan fingerprint density at radius 3 is 2.57 bits per heavy atom. The van der Waals surface area contributed by atoms with E-state index in [1.807, 2.05) is 0 Å². The molecule has 7 nitrogen and oxygen atoms in total. The molecule has 0 spiro atoms. The summed E-state index contributed by atoms with van der Waals surface area (Å²) < 4.78 is 31.5. The smallest absolute Gasteiger partial charge is 0.307 e. The molecule has 23 heavy (non-hydrogen) atoms. The summed E-state index contributed by atoms with van der Waals surface area (Å²) in [5.74, 6) is -1.06. The van der Waals surface area contributed by atoms with Gasteiger partial charge in [-0.2, -0.15) is 4.31 Å². The lowest BCUT2D eigenvalue weighted by Crippen LogP contribution is -2.30. The average Bonchev–Trinajstić information content (AvgIpc) is 3.16. The van der Waals surface area contributed by atoms with Gasteiger partial charge in [0.15, 0.2) is 5.89 Å². The monoisotopic (exact) mass is 336 g/mol. The van der Waals surface area contributed by atoms with Gasteiger partial charge < -0.3 is 9.52 Å². The molecule has 1 aliphatic heterocycles. The van der Waals surface area contributed by atoms with Crippen LogP contribution in [-0.4, -0.2) is 41.9 Å². The van der Waals surface area contributed by atoms with Crippen LogP contribution in [-0.2, 0) is 14.8 Å². The second-order valence-electron chi connectivity index (χ2n) is 5.46. The summed E-state index contributed by atoms with van der Waals surface area (Å²) >= 11 is 0. The highest BCUT2D eigenvalue weighted by molar-refractivity contribution is 7.89. The van der Waals surface area contributed by atoms with Crippen LogP contribution in [0.4, 0.5) is 0 Å². The number of hydrogen-bond donors (Lipinski definition) is 1. The SMILES string of the molecule is Cc1nc(-c2ccc(S(=O)(=O)N3CCC(C(=O)O)C3)cc2)co1. The molecule has 1 saturated heterocycles. The van der Waals surface area contributed by atoms with Gasteiger partial charge in [-0.15, -0.1) is 0 Å². The molecular weight excluding hydrogens is 320 g/mol. The molecule has 1 aromatic heterocycles. The van der Waals surface area contributed by atoms with E-state index in [-0.39, 0.29) is 18.0 Å². The molecule has 0 aliphatic carbocycles. The van der Waals surface area contributed by atoms with E-state index >= 15 is 0 Å². The van der Waals surface area contributed by atoms with E-state index in [2.05, 4.69) is 4.98 Å². The fraction of sp³-hybridized carbons (Fsp3) is 0.333. The number of nitrogens with zero attached hydrogens (tertiary/aromatic N) is 2. The van der Waals surface area contributed by atoms with Crippen LogP contribution in [0.2, 0.25) is 0 Å². The van der Waals surface area contributed by atoms with E-state index in [9.17, 15) is 13.2 Å². The summed E-state index contributed by atoms with van der Waals surface area (Å²) in [4.78, 5) is 15.3. The van der Waals surface area contributed by atoms with Gasteiger partial charge in [0.25, 0.3) is 0 Å². The molecule has 0 radical (unpaired) electrons. The predicted molar refractivity (Wildman–Crippen MR) is 81.2 cm³/mol. The van der Waals surface area contributed by atoms with Crippen molar-refractivity contribution in [2.45, 2.75) is 18.2 Å². The van der Waals surface area contributed by atoms with E-state index in [1.54, 1.807) is 19.1 Å². The maximum Gasteiger partial charge on any atom is 0.307 e. The Hall–Kier alpha value is -2.19. The van der Waals surface area contributed by atoms with Gasteiger partial charge in [-0.05, 0) is 18.6 Å². The molecule has 8 heteroatoms. The lowest BCUT2D eigenvalue weighted by molar-refractivity contribution is -0.141. The minimum Gasteiger partial charge on any atom is -0.481 e. The van der Waals surface area contributed by atoms with Crippen molar-refractivity contribution in [3.05, 3.63) is 36.4 Å². The number of benzene rings is 1. The van der Waals surface area contributed by atoms with Gasteiger partial charge in [0.05, 0.1) is 10.8 Å². The number of aliphatic carboxylic acids is 1. The predicted octanol–water partition coefficient (Wildman–Crippen LogP) is 1.75. The van der Waals surface area contributed by atoms with Gasteiger partial charge >= 0.3 is 5.97 Å². The van der Waals surface area contributed by atoms with Crippen molar-refractivity contribution in [3.8, 4) is 11.3 Å². The Morgan fingerprint density at radius 1 is 1.35 bits per heavy atom. The van der Waals surface area contributed by atoms with Crippen LogP contribution in [0.25, 0.3) is 11.3 Å². The average molecular weight is 336 g/mol. The van der Waals surface area contributed by atoms with Crippen LogP contribution in [0, 0.1) is 12.8 Å². The zero-order valence-corrected chi connectivity index (χ0v) is 13.3. The van der Waals surface area contributed by atoms with E-state index in [4.69, 9.17) is 9.52 Å². The van der Waals surface area contributed by atoms with Crippen molar-refractivity contribution in [1.29, 1.82) is 0 Å². The molecule has 1 aliphatic rings. The molecule has 0 saturated carbocycles. The van der Waals surface area contributed by atoms with Crippen molar-refractivity contribution in [2.24, 2.45) is 5.92 Å². The first-order chi connectivity index (χ1) is 10.9. The number of aryl methyl sites for hydroxylation is 1. The van der Waals surface area contributed by atoms with Crippen molar-refractivity contribution in [1.82, 2.24) is 9.29 Å². The molecule has 2 aromatic rings. The first-order valence-corrected chi connectivity index (χ1v) is 8.57. The second-order valence-corrected chi connectivity index (χ2v) is 7.40. The normalized spacial score (nSPS) is 19.1. The van der Waals surface area contributed by atoms with Crippen molar-refractivity contribution < 1.29 is 22.7 Å². The van der Waals surface area contributed by atoms with Crippen LogP contribution in [0.5, 0.6) is 0 Å². The first-order valence-electron chi connectivity index (χ1n) is 7.13. The van der Waals surface area contributed by atoms with Crippen molar-refractivity contribution >= 4 is 16.0 Å². The third-order valence-corrected chi connectivity index (χ3v) is 5.79. The van der Waals surface area contributed by atoms with Gasteiger partial charge in [0.2, 0.25) is 10.0 Å². The molecule has 1 aromatic carbocycles. The van der Waals surface area contributed by atoms with Crippen molar-refractivity contribution in [3.63, 3.8) is 0 Å². The van der Waals surface area contributed by atoms with Crippen LogP contribution >= 0.6 is 0 Å². The van der Waals surface area contributed by atoms with Crippen LogP contribution < -0.4 is 0 Å². The Bertz CT molecular complexity index is 826. The summed E-state index contributed by atoms with van der Waals surface area (Å²) in [5, 5.41) is 8.99. The van der Waals surface area contributed by atoms with Gasteiger partial charge in [-0.1, -0.05) is 12.1 Å². The number of oxazole rings is 1. The van der Waals surface area contributed by atoms with E-state index in [0.29, 0.717) is 18.0 Å². The third kappa shape index (κ3) is 2.99. The van der Waals surface area contributed by atoms with Crippen LogP contribution in [0.3, 0.4) is 0 Å². The topological polar surface area (TPSA) is 101 Å². The zero-order chi connectivity index (χ0) is 16.6. The van der Waals surface area contributed by atoms with Crippen LogP contribution in [0.1, 0.15) is 12.3 Å². The molecule has 0 amide bonds. The molecule has 122 valence electrons. The fourth-order valence-electron chi connectivity index (χ4n) is 2.59. The summed E-state index contributed by atoms with van der Waals surface area (Å²) in [5.41, 5.74) is 1.39. The van der Waals surface area contributed by atoms with E-state index in [0.717, 1.165) is 5.56 Å². The Morgan fingerprint density at radius 2 is 2.04 bits per heavy atom. The molecule has 2 heterocycles. The molecule has 3 rings (SSSR count). The highest BCUT2D eigenvalue weighted by atomic mass is 32.2. The summed E-state index contributed by atoms with van der Waals surface area (Å²) in [6.07, 6.45) is 1.85. The van der Waals surface area contributed by atoms with E-state index < -0.39 is 21.9 Å². The fourth-order valence-corrected chi connectivity index (χ4v) is 4.09. The molecular formula is C15H16N2O5S. The number of hydrogen-bond acceptors (Lipinski definition) is 5. The quantitative estimate of drug-likeness (QED) is 0.913. The largest absolute Gasteiger partial charge is 0.481 e. The van der Waals surface area contributed by atoms with Gasteiger partial charge in [-0.3, -0.25) is 4.79 Å². The number of carboxylic acid groups (broad SMARTS) is 1. The second kappa shape index (κ2) is 5.78. The minimum absolute atomic E-state index is 0.0158. The Kier molecular flexibility index (Phi) is 3.95. The third-order valence-electron chi connectivity index (χ3n) is 3.91. The summed E-state index contributed by atoms with van der Waals surface area (Å²) in [6, 6.07) is 6.33. The number of rotatable bonds is 4. The van der Waals surface area contributed by atoms with Crippen LogP contribution in [0.15, 0.2) is 39.8 Å². The molecule has 1 atom stereocenters. The lowest BCUT2D eigenvalue weighted by atomic mass is 10.1. The standard InChI is InChI=1S/C15H16N2O5S/c1-10-16-14(9-22-10)11-2-4-13(5-3-11)23(20,21)17-7-6-12(8-17)15(18)19/h2-5,9,12H,6-8H2,1H3,(H,18,19). The highest BCUT2D eigenvalue weighted by Crippen LogP contribution is 2.26. The lowest BCUT2D eigenvalue weighted by Gasteiger charge is -2.16. The van der Waals surface area contributed by atoms with Gasteiger partial charge in [-0.25, -0.2) is 13.4 Å².